The average molecular weight is 402 g/mol. The molecule has 0 bridgehead atoms. The molecule has 1 aliphatic carbocycles. The van der Waals surface area contributed by atoms with Crippen molar-refractivity contribution in [3.05, 3.63) is 54.0 Å². The lowest BCUT2D eigenvalue weighted by Gasteiger charge is -2.38. The number of hydrogen-bond acceptors (Lipinski definition) is 3. The number of alkyl halides is 3. The van der Waals surface area contributed by atoms with E-state index in [1.807, 2.05) is 10.9 Å². The Hall–Kier alpha value is -2.90. The smallest absolute Gasteiger partial charge is 0.321 e. The van der Waals surface area contributed by atoms with E-state index in [9.17, 15) is 18.0 Å². The molecule has 1 aliphatic rings. The Morgan fingerprint density at radius 2 is 1.97 bits per heavy atom. The van der Waals surface area contributed by atoms with Gasteiger partial charge in [-0.2, -0.15) is 18.3 Å². The quantitative estimate of drug-likeness (QED) is 0.643. The second-order valence-corrected chi connectivity index (χ2v) is 7.87. The first kappa shape index (κ1) is 19.4. The van der Waals surface area contributed by atoms with Crippen molar-refractivity contribution in [3.63, 3.8) is 0 Å². The Kier molecular flexibility index (Phi) is 4.80. The molecule has 8 heteroatoms. The minimum Gasteiger partial charge on any atom is -0.321 e. The molecule has 3 aromatic rings. The van der Waals surface area contributed by atoms with E-state index < -0.39 is 17.8 Å². The second kappa shape index (κ2) is 7.17. The van der Waals surface area contributed by atoms with Crippen LogP contribution < -0.4 is 5.32 Å². The molecular formula is C21H21F3N4O. The summed E-state index contributed by atoms with van der Waals surface area (Å²) in [7, 11) is 0. The van der Waals surface area contributed by atoms with Crippen molar-refractivity contribution in [2.75, 3.05) is 5.32 Å². The number of amides is 1. The van der Waals surface area contributed by atoms with Crippen molar-refractivity contribution in [1.82, 2.24) is 14.8 Å². The third-order valence-corrected chi connectivity index (χ3v) is 5.52. The van der Waals surface area contributed by atoms with E-state index >= 15 is 0 Å². The van der Waals surface area contributed by atoms with Crippen molar-refractivity contribution in [3.8, 4) is 0 Å². The molecule has 1 N–H and O–H groups in total. The van der Waals surface area contributed by atoms with Crippen LogP contribution in [0.2, 0.25) is 0 Å². The van der Waals surface area contributed by atoms with Crippen LogP contribution in [-0.4, -0.2) is 20.7 Å². The first-order chi connectivity index (χ1) is 13.7. The highest BCUT2D eigenvalue weighted by atomic mass is 19.4. The molecule has 1 aromatic carbocycles. The Morgan fingerprint density at radius 1 is 1.21 bits per heavy atom. The molecule has 0 radical (unpaired) electrons. The number of nitrogens with zero attached hydrogens (tertiary/aromatic N) is 3. The number of rotatable bonds is 4. The first-order valence-electron chi connectivity index (χ1n) is 9.55. The fourth-order valence-corrected chi connectivity index (χ4v) is 3.61. The van der Waals surface area contributed by atoms with E-state index in [0.29, 0.717) is 17.6 Å². The summed E-state index contributed by atoms with van der Waals surface area (Å²) in [6.45, 7) is 4.46. The number of anilines is 1. The van der Waals surface area contributed by atoms with Gasteiger partial charge in [-0.15, -0.1) is 0 Å². The van der Waals surface area contributed by atoms with Crippen LogP contribution in [0.15, 0.2) is 42.6 Å². The number of benzene rings is 1. The molecule has 5 nitrogen and oxygen atoms in total. The molecule has 0 saturated heterocycles. The van der Waals surface area contributed by atoms with E-state index in [2.05, 4.69) is 29.2 Å². The highest BCUT2D eigenvalue weighted by Crippen LogP contribution is 2.42. The highest BCUT2D eigenvalue weighted by molar-refractivity contribution is 6.03. The van der Waals surface area contributed by atoms with Crippen LogP contribution in [-0.2, 0) is 6.18 Å². The van der Waals surface area contributed by atoms with Crippen LogP contribution in [0.3, 0.4) is 0 Å². The van der Waals surface area contributed by atoms with Gasteiger partial charge in [-0.3, -0.25) is 9.48 Å². The number of pyridine rings is 1. The predicted molar refractivity (Wildman–Crippen MR) is 104 cm³/mol. The number of carbonyl (C=O) groups excluding carboxylic acids is 1. The maximum Gasteiger partial charge on any atom is 0.433 e. The van der Waals surface area contributed by atoms with Crippen LogP contribution in [0.5, 0.6) is 0 Å². The van der Waals surface area contributed by atoms with Crippen molar-refractivity contribution in [2.45, 2.75) is 38.9 Å². The molecule has 2 heterocycles. The molecule has 1 fully saturated rings. The summed E-state index contributed by atoms with van der Waals surface area (Å²) in [5.41, 5.74) is -0.0880. The summed E-state index contributed by atoms with van der Waals surface area (Å²) < 4.78 is 40.4. The Labute approximate surface area is 165 Å². The van der Waals surface area contributed by atoms with Gasteiger partial charge in [0, 0.05) is 17.3 Å². The van der Waals surface area contributed by atoms with E-state index in [-0.39, 0.29) is 5.69 Å². The Bertz CT molecular complexity index is 1050. The molecule has 1 saturated carbocycles. The summed E-state index contributed by atoms with van der Waals surface area (Å²) in [6.07, 6.45) is -0.429. The maximum absolute atomic E-state index is 12.8. The molecule has 2 aromatic heterocycles. The first-order valence-corrected chi connectivity index (χ1v) is 9.55. The van der Waals surface area contributed by atoms with E-state index in [1.54, 1.807) is 18.2 Å². The average Bonchev–Trinajstić information content (AvgIpc) is 3.02. The molecule has 0 spiro atoms. The van der Waals surface area contributed by atoms with Crippen LogP contribution >= 0.6 is 0 Å². The van der Waals surface area contributed by atoms with Crippen molar-refractivity contribution >= 4 is 22.5 Å². The van der Waals surface area contributed by atoms with Crippen LogP contribution in [0.1, 0.15) is 48.9 Å². The molecular weight excluding hydrogens is 381 g/mol. The van der Waals surface area contributed by atoms with Gasteiger partial charge in [0.2, 0.25) is 0 Å². The molecule has 29 heavy (non-hydrogen) atoms. The summed E-state index contributed by atoms with van der Waals surface area (Å²) in [4.78, 5) is 15.8. The van der Waals surface area contributed by atoms with Gasteiger partial charge in [-0.1, -0.05) is 19.9 Å². The monoisotopic (exact) mass is 402 g/mol. The van der Waals surface area contributed by atoms with Gasteiger partial charge in [0.1, 0.15) is 11.4 Å². The van der Waals surface area contributed by atoms with Gasteiger partial charge in [0.25, 0.3) is 5.91 Å². The summed E-state index contributed by atoms with van der Waals surface area (Å²) >= 11 is 0. The van der Waals surface area contributed by atoms with E-state index in [0.717, 1.165) is 35.7 Å². The SMILES string of the molecule is CC(C)C1CC(n2cc3cc(NC(=O)c4cccc(C(F)(F)F)n4)ccc3n2)C1. The van der Waals surface area contributed by atoms with Gasteiger partial charge >= 0.3 is 6.18 Å². The second-order valence-electron chi connectivity index (χ2n) is 7.87. The summed E-state index contributed by atoms with van der Waals surface area (Å²) in [5, 5.41) is 8.09. The Balaban J connectivity index is 1.49. The van der Waals surface area contributed by atoms with E-state index in [4.69, 9.17) is 0 Å². The summed E-state index contributed by atoms with van der Waals surface area (Å²) in [5.74, 6) is 0.700. The molecule has 4 rings (SSSR count). The Morgan fingerprint density at radius 3 is 2.66 bits per heavy atom. The zero-order valence-electron chi connectivity index (χ0n) is 16.1. The number of halogens is 3. The molecule has 0 aliphatic heterocycles. The lowest BCUT2D eigenvalue weighted by Crippen LogP contribution is -2.30. The standard InChI is InChI=1S/C21H21F3N4O/c1-12(2)13-9-16(10-13)28-11-14-8-15(6-7-17(14)27-28)25-20(29)18-4-3-5-19(26-18)21(22,23)24/h3-8,11-13,16H,9-10H2,1-2H3,(H,25,29). The van der Waals surface area contributed by atoms with Crippen LogP contribution in [0.25, 0.3) is 10.9 Å². The minimum absolute atomic E-state index is 0.287. The third kappa shape index (κ3) is 3.97. The number of aromatic nitrogens is 3. The van der Waals surface area contributed by atoms with Gasteiger partial charge in [0.05, 0.1) is 11.6 Å². The van der Waals surface area contributed by atoms with Crippen molar-refractivity contribution in [1.29, 1.82) is 0 Å². The zero-order chi connectivity index (χ0) is 20.8. The van der Waals surface area contributed by atoms with Gasteiger partial charge in [-0.05, 0) is 55.0 Å². The molecule has 0 atom stereocenters. The lowest BCUT2D eigenvalue weighted by atomic mass is 9.74. The number of carbonyl (C=O) groups is 1. The fourth-order valence-electron chi connectivity index (χ4n) is 3.61. The maximum atomic E-state index is 12.8. The number of nitrogens with one attached hydrogen (secondary N) is 1. The highest BCUT2D eigenvalue weighted by Gasteiger charge is 2.33. The lowest BCUT2D eigenvalue weighted by molar-refractivity contribution is -0.141. The van der Waals surface area contributed by atoms with E-state index in [1.165, 1.54) is 12.1 Å². The van der Waals surface area contributed by atoms with Gasteiger partial charge in [0.15, 0.2) is 0 Å². The summed E-state index contributed by atoms with van der Waals surface area (Å²) in [6, 6.07) is 8.89. The van der Waals surface area contributed by atoms with Crippen LogP contribution in [0.4, 0.5) is 18.9 Å². The molecule has 1 amide bonds. The number of fused-ring (bicyclic) bond motifs is 1. The largest absolute Gasteiger partial charge is 0.433 e. The van der Waals surface area contributed by atoms with Crippen LogP contribution in [0, 0.1) is 11.8 Å². The van der Waals surface area contributed by atoms with Gasteiger partial charge < -0.3 is 5.32 Å². The predicted octanol–water partition coefficient (Wildman–Crippen LogP) is 5.31. The number of hydrogen-bond donors (Lipinski definition) is 1. The van der Waals surface area contributed by atoms with Crippen molar-refractivity contribution in [2.24, 2.45) is 11.8 Å². The fraction of sp³-hybridized carbons (Fsp3) is 0.381. The molecule has 0 unspecified atom stereocenters. The normalized spacial score (nSPS) is 19.4. The minimum atomic E-state index is -4.60. The van der Waals surface area contributed by atoms with Gasteiger partial charge in [-0.25, -0.2) is 4.98 Å². The van der Waals surface area contributed by atoms with Crippen molar-refractivity contribution < 1.29 is 18.0 Å². The third-order valence-electron chi connectivity index (χ3n) is 5.52. The topological polar surface area (TPSA) is 59.8 Å². The molecule has 152 valence electrons. The zero-order valence-corrected chi connectivity index (χ0v) is 16.1.